The van der Waals surface area contributed by atoms with Crippen LogP contribution in [0.5, 0.6) is 0 Å². The van der Waals surface area contributed by atoms with Crippen molar-refractivity contribution >= 4 is 0 Å². The van der Waals surface area contributed by atoms with Gasteiger partial charge < -0.3 is 10.1 Å². The van der Waals surface area contributed by atoms with Gasteiger partial charge in [-0.1, -0.05) is 6.08 Å². The zero-order valence-electron chi connectivity index (χ0n) is 11.9. The molecule has 2 unspecified atom stereocenters. The summed E-state index contributed by atoms with van der Waals surface area (Å²) >= 11 is 0. The van der Waals surface area contributed by atoms with E-state index in [0.717, 1.165) is 25.7 Å². The number of hydrogen-bond acceptors (Lipinski definition) is 3. The van der Waals surface area contributed by atoms with Crippen LogP contribution in [-0.2, 0) is 4.74 Å². The summed E-state index contributed by atoms with van der Waals surface area (Å²) in [7, 11) is 0. The fraction of sp³-hybridized carbons (Fsp3) is 0.867. The van der Waals surface area contributed by atoms with Gasteiger partial charge in [0.1, 0.15) is 0 Å². The quantitative estimate of drug-likeness (QED) is 0.670. The maximum atomic E-state index is 6.13. The largest absolute Gasteiger partial charge is 0.372 e. The van der Waals surface area contributed by atoms with Gasteiger partial charge in [-0.15, -0.1) is 6.58 Å². The SMILES string of the molecule is C=CCN(CC1CCC(CNC2CC2)O1)C(C)C. The molecule has 0 aromatic heterocycles. The lowest BCUT2D eigenvalue weighted by Gasteiger charge is -2.28. The van der Waals surface area contributed by atoms with Crippen LogP contribution in [0.15, 0.2) is 12.7 Å². The Kier molecular flexibility index (Phi) is 5.22. The molecule has 1 heterocycles. The molecule has 104 valence electrons. The summed E-state index contributed by atoms with van der Waals surface area (Å²) in [5.41, 5.74) is 0. The Morgan fingerprint density at radius 3 is 2.61 bits per heavy atom. The molecule has 0 spiro atoms. The molecule has 1 N–H and O–H groups in total. The number of nitrogens with zero attached hydrogens (tertiary/aromatic N) is 1. The van der Waals surface area contributed by atoms with Crippen LogP contribution in [0, 0.1) is 0 Å². The van der Waals surface area contributed by atoms with E-state index in [1.807, 2.05) is 6.08 Å². The molecule has 3 nitrogen and oxygen atoms in total. The van der Waals surface area contributed by atoms with E-state index in [4.69, 9.17) is 4.74 Å². The number of nitrogens with one attached hydrogen (secondary N) is 1. The first kappa shape index (κ1) is 14.0. The van der Waals surface area contributed by atoms with Crippen LogP contribution in [0.1, 0.15) is 39.5 Å². The maximum absolute atomic E-state index is 6.13. The lowest BCUT2D eigenvalue weighted by atomic mass is 10.1. The molecule has 2 aliphatic rings. The van der Waals surface area contributed by atoms with Gasteiger partial charge in [-0.3, -0.25) is 4.90 Å². The zero-order chi connectivity index (χ0) is 13.0. The minimum atomic E-state index is 0.415. The minimum Gasteiger partial charge on any atom is -0.372 e. The van der Waals surface area contributed by atoms with Gasteiger partial charge in [0.15, 0.2) is 0 Å². The van der Waals surface area contributed by atoms with E-state index in [-0.39, 0.29) is 0 Å². The van der Waals surface area contributed by atoms with Crippen LogP contribution in [0.3, 0.4) is 0 Å². The molecule has 0 radical (unpaired) electrons. The second-order valence-electron chi connectivity index (χ2n) is 5.98. The topological polar surface area (TPSA) is 24.5 Å². The lowest BCUT2D eigenvalue weighted by molar-refractivity contribution is 0.0198. The van der Waals surface area contributed by atoms with E-state index in [1.54, 1.807) is 0 Å². The van der Waals surface area contributed by atoms with E-state index in [1.165, 1.54) is 25.7 Å². The Balaban J connectivity index is 1.68. The summed E-state index contributed by atoms with van der Waals surface area (Å²) in [4.78, 5) is 2.44. The molecule has 1 aliphatic heterocycles. The average molecular weight is 252 g/mol. The highest BCUT2D eigenvalue weighted by molar-refractivity contribution is 4.85. The van der Waals surface area contributed by atoms with Gasteiger partial charge in [0.25, 0.3) is 0 Å². The summed E-state index contributed by atoms with van der Waals surface area (Å²) in [5, 5.41) is 3.57. The van der Waals surface area contributed by atoms with Crippen molar-refractivity contribution in [3.63, 3.8) is 0 Å². The maximum Gasteiger partial charge on any atom is 0.0707 e. The second-order valence-corrected chi connectivity index (χ2v) is 5.98. The van der Waals surface area contributed by atoms with E-state index in [9.17, 15) is 0 Å². The molecule has 2 atom stereocenters. The van der Waals surface area contributed by atoms with Crippen molar-refractivity contribution in [2.75, 3.05) is 19.6 Å². The van der Waals surface area contributed by atoms with E-state index in [2.05, 4.69) is 30.6 Å². The van der Waals surface area contributed by atoms with Crippen molar-refractivity contribution in [2.45, 2.75) is 63.8 Å². The van der Waals surface area contributed by atoms with Gasteiger partial charge >= 0.3 is 0 Å². The second kappa shape index (κ2) is 6.69. The van der Waals surface area contributed by atoms with E-state index >= 15 is 0 Å². The smallest absolute Gasteiger partial charge is 0.0707 e. The predicted molar refractivity (Wildman–Crippen MR) is 75.8 cm³/mol. The van der Waals surface area contributed by atoms with Crippen molar-refractivity contribution in [1.82, 2.24) is 10.2 Å². The van der Waals surface area contributed by atoms with Crippen LogP contribution in [-0.4, -0.2) is 48.8 Å². The summed E-state index contributed by atoms with van der Waals surface area (Å²) in [6.45, 7) is 11.4. The minimum absolute atomic E-state index is 0.415. The highest BCUT2D eigenvalue weighted by Crippen LogP contribution is 2.23. The lowest BCUT2D eigenvalue weighted by Crippen LogP contribution is -2.38. The average Bonchev–Trinajstić information content (AvgIpc) is 3.06. The molecule has 0 aromatic carbocycles. The Bertz CT molecular complexity index is 263. The van der Waals surface area contributed by atoms with Crippen molar-refractivity contribution in [2.24, 2.45) is 0 Å². The first-order chi connectivity index (χ1) is 8.69. The highest BCUT2D eigenvalue weighted by atomic mass is 16.5. The molecule has 0 bridgehead atoms. The van der Waals surface area contributed by atoms with Gasteiger partial charge in [0, 0.05) is 31.7 Å². The summed E-state index contributed by atoms with van der Waals surface area (Å²) in [6.07, 6.45) is 7.97. The first-order valence-corrected chi connectivity index (χ1v) is 7.42. The Morgan fingerprint density at radius 2 is 2.00 bits per heavy atom. The number of rotatable bonds is 8. The Hall–Kier alpha value is -0.380. The molecule has 2 fully saturated rings. The molecule has 1 aliphatic carbocycles. The fourth-order valence-corrected chi connectivity index (χ4v) is 2.57. The van der Waals surface area contributed by atoms with Gasteiger partial charge in [-0.2, -0.15) is 0 Å². The predicted octanol–water partition coefficient (Wildman–Crippen LogP) is 2.18. The van der Waals surface area contributed by atoms with E-state index in [0.29, 0.717) is 18.2 Å². The first-order valence-electron chi connectivity index (χ1n) is 7.42. The zero-order valence-corrected chi connectivity index (χ0v) is 11.9. The van der Waals surface area contributed by atoms with Crippen molar-refractivity contribution in [3.8, 4) is 0 Å². The summed E-state index contributed by atoms with van der Waals surface area (Å²) < 4.78 is 6.13. The van der Waals surface area contributed by atoms with Crippen LogP contribution in [0.25, 0.3) is 0 Å². The third-order valence-corrected chi connectivity index (χ3v) is 3.94. The highest BCUT2D eigenvalue weighted by Gasteiger charge is 2.29. The number of hydrogen-bond donors (Lipinski definition) is 1. The summed E-state index contributed by atoms with van der Waals surface area (Å²) in [5.74, 6) is 0. The molecule has 1 saturated heterocycles. The molecule has 18 heavy (non-hydrogen) atoms. The fourth-order valence-electron chi connectivity index (χ4n) is 2.57. The third-order valence-electron chi connectivity index (χ3n) is 3.94. The Morgan fingerprint density at radius 1 is 1.28 bits per heavy atom. The molecule has 0 aromatic rings. The standard InChI is InChI=1S/C15H28N2O/c1-4-9-17(12(2)3)11-15-8-7-14(18-15)10-16-13-5-6-13/h4,12-16H,1,5-11H2,2-3H3. The van der Waals surface area contributed by atoms with Gasteiger partial charge in [-0.05, 0) is 39.5 Å². The molecule has 3 heteroatoms. The van der Waals surface area contributed by atoms with Crippen molar-refractivity contribution < 1.29 is 4.74 Å². The summed E-state index contributed by atoms with van der Waals surface area (Å²) in [6, 6.07) is 1.36. The molecular weight excluding hydrogens is 224 g/mol. The number of ether oxygens (including phenoxy) is 1. The molecule has 1 saturated carbocycles. The monoisotopic (exact) mass is 252 g/mol. The van der Waals surface area contributed by atoms with Crippen molar-refractivity contribution in [1.29, 1.82) is 0 Å². The third kappa shape index (κ3) is 4.38. The molecule has 2 rings (SSSR count). The van der Waals surface area contributed by atoms with Gasteiger partial charge in [0.2, 0.25) is 0 Å². The normalized spacial score (nSPS) is 28.2. The molecular formula is C15H28N2O. The van der Waals surface area contributed by atoms with Crippen LogP contribution in [0.4, 0.5) is 0 Å². The van der Waals surface area contributed by atoms with Crippen LogP contribution >= 0.6 is 0 Å². The van der Waals surface area contributed by atoms with E-state index < -0.39 is 0 Å². The van der Waals surface area contributed by atoms with Gasteiger partial charge in [0.05, 0.1) is 12.2 Å². The van der Waals surface area contributed by atoms with Gasteiger partial charge in [-0.25, -0.2) is 0 Å². The van der Waals surface area contributed by atoms with Crippen LogP contribution < -0.4 is 5.32 Å². The molecule has 0 amide bonds. The van der Waals surface area contributed by atoms with Crippen LogP contribution in [0.2, 0.25) is 0 Å². The Labute approximate surface area is 112 Å². The van der Waals surface area contributed by atoms with Crippen molar-refractivity contribution in [3.05, 3.63) is 12.7 Å².